The Morgan fingerprint density at radius 2 is 2.12 bits per heavy atom. The van der Waals surface area contributed by atoms with Crippen LogP contribution in [0.4, 0.5) is 0 Å². The van der Waals surface area contributed by atoms with Crippen molar-refractivity contribution < 1.29 is 0 Å². The summed E-state index contributed by atoms with van der Waals surface area (Å²) in [5.41, 5.74) is 2.69. The molecule has 0 aliphatic carbocycles. The van der Waals surface area contributed by atoms with Crippen LogP contribution in [-0.4, -0.2) is 22.4 Å². The molecule has 4 nitrogen and oxygen atoms in total. The van der Waals surface area contributed by atoms with Crippen molar-refractivity contribution in [2.24, 2.45) is 10.1 Å². The van der Waals surface area contributed by atoms with Gasteiger partial charge in [0.15, 0.2) is 0 Å². The highest BCUT2D eigenvalue weighted by Gasteiger charge is 2.09. The molecule has 3 rings (SSSR count). The minimum absolute atomic E-state index is 0.498. The van der Waals surface area contributed by atoms with Crippen molar-refractivity contribution in [3.05, 3.63) is 81.2 Å². The maximum Gasteiger partial charge on any atom is 0.206 e. The van der Waals surface area contributed by atoms with Gasteiger partial charge in [0.25, 0.3) is 0 Å². The summed E-state index contributed by atoms with van der Waals surface area (Å²) in [7, 11) is 0. The van der Waals surface area contributed by atoms with Crippen molar-refractivity contribution in [1.29, 1.82) is 0 Å². The van der Waals surface area contributed by atoms with Gasteiger partial charge >= 0.3 is 0 Å². The minimum atomic E-state index is 0.498. The fourth-order valence-electron chi connectivity index (χ4n) is 2.09. The summed E-state index contributed by atoms with van der Waals surface area (Å²) in [6.45, 7) is 4.23. The minimum Gasteiger partial charge on any atom is -0.264 e. The Kier molecular flexibility index (Phi) is 5.81. The van der Waals surface area contributed by atoms with Crippen LogP contribution >= 0.6 is 34.5 Å². The summed E-state index contributed by atoms with van der Waals surface area (Å²) in [5.74, 6) is 0. The van der Waals surface area contributed by atoms with E-state index < -0.39 is 0 Å². The molecule has 0 saturated carbocycles. The van der Waals surface area contributed by atoms with Gasteiger partial charge < -0.3 is 0 Å². The molecule has 0 fully saturated rings. The van der Waals surface area contributed by atoms with Gasteiger partial charge in [0.1, 0.15) is 0 Å². The van der Waals surface area contributed by atoms with E-state index >= 15 is 0 Å². The van der Waals surface area contributed by atoms with E-state index in [2.05, 4.69) is 21.7 Å². The average Bonchev–Trinajstić information content (AvgIpc) is 3.04. The smallest absolute Gasteiger partial charge is 0.206 e. The fourth-order valence-corrected chi connectivity index (χ4v) is 3.24. The van der Waals surface area contributed by atoms with Crippen LogP contribution in [0.25, 0.3) is 11.3 Å². The molecule has 3 aromatic rings. The maximum absolute atomic E-state index is 6.16. The number of hydrogen-bond donors (Lipinski definition) is 0. The molecule has 1 aromatic carbocycles. The molecule has 0 spiro atoms. The van der Waals surface area contributed by atoms with E-state index in [1.165, 1.54) is 11.3 Å². The molecule has 2 heterocycles. The van der Waals surface area contributed by atoms with Crippen LogP contribution in [0.15, 0.2) is 70.9 Å². The number of thiazole rings is 1. The summed E-state index contributed by atoms with van der Waals surface area (Å²) in [6.07, 6.45) is 6.96. The molecule has 0 saturated heterocycles. The molecule has 0 radical (unpaired) electrons. The molecule has 7 heteroatoms. The van der Waals surface area contributed by atoms with E-state index in [1.807, 2.05) is 29.6 Å². The van der Waals surface area contributed by atoms with Gasteiger partial charge in [-0.1, -0.05) is 41.4 Å². The van der Waals surface area contributed by atoms with Crippen LogP contribution in [0.2, 0.25) is 10.0 Å². The zero-order chi connectivity index (χ0) is 17.6. The van der Waals surface area contributed by atoms with Gasteiger partial charge in [0, 0.05) is 28.9 Å². The van der Waals surface area contributed by atoms with Crippen molar-refractivity contribution in [2.75, 3.05) is 6.54 Å². The molecule has 0 atom stereocenters. The van der Waals surface area contributed by atoms with Crippen molar-refractivity contribution in [3.8, 4) is 11.3 Å². The number of pyridine rings is 1. The first-order valence-electron chi connectivity index (χ1n) is 7.41. The Morgan fingerprint density at radius 3 is 2.84 bits per heavy atom. The molecule has 0 N–H and O–H groups in total. The highest BCUT2D eigenvalue weighted by molar-refractivity contribution is 7.07. The normalized spacial score (nSPS) is 12.0. The molecular formula is C18H14Cl2N4S. The predicted molar refractivity (Wildman–Crippen MR) is 106 cm³/mol. The van der Waals surface area contributed by atoms with Crippen LogP contribution in [0.3, 0.4) is 0 Å². The number of rotatable bonds is 5. The molecule has 0 aliphatic rings. The molecule has 126 valence electrons. The average molecular weight is 389 g/mol. The number of halogens is 2. The zero-order valence-corrected chi connectivity index (χ0v) is 15.5. The third-order valence-electron chi connectivity index (χ3n) is 3.26. The quantitative estimate of drug-likeness (QED) is 0.453. The third-order valence-corrected chi connectivity index (χ3v) is 4.86. The lowest BCUT2D eigenvalue weighted by atomic mass is 10.2. The van der Waals surface area contributed by atoms with E-state index in [0.717, 1.165) is 21.6 Å². The van der Waals surface area contributed by atoms with Crippen LogP contribution in [0, 0.1) is 0 Å². The van der Waals surface area contributed by atoms with Gasteiger partial charge in [0.2, 0.25) is 4.80 Å². The summed E-state index contributed by atoms with van der Waals surface area (Å²) >= 11 is 13.7. The SMILES string of the molecule is C=CCN=c1scc(-c2ccc(Cl)c(Cl)c2)n1/N=C\c1cccnc1. The predicted octanol–water partition coefficient (Wildman–Crippen LogP) is 4.89. The third kappa shape index (κ3) is 4.25. The molecule has 2 aromatic heterocycles. The largest absolute Gasteiger partial charge is 0.264 e. The second-order valence-corrected chi connectivity index (χ2v) is 6.66. The molecule has 0 unspecified atom stereocenters. The van der Waals surface area contributed by atoms with Crippen molar-refractivity contribution in [3.63, 3.8) is 0 Å². The number of aromatic nitrogens is 2. The summed E-state index contributed by atoms with van der Waals surface area (Å²) in [4.78, 5) is 9.35. The van der Waals surface area contributed by atoms with Crippen molar-refractivity contribution >= 4 is 40.8 Å². The van der Waals surface area contributed by atoms with E-state index in [4.69, 9.17) is 23.2 Å². The van der Waals surface area contributed by atoms with Crippen molar-refractivity contribution in [2.45, 2.75) is 0 Å². The van der Waals surface area contributed by atoms with Gasteiger partial charge in [-0.05, 0) is 18.2 Å². The Morgan fingerprint density at radius 1 is 1.24 bits per heavy atom. The highest BCUT2D eigenvalue weighted by Crippen LogP contribution is 2.28. The topological polar surface area (TPSA) is 42.5 Å². The molecular weight excluding hydrogens is 375 g/mol. The Bertz CT molecular complexity index is 974. The second-order valence-electron chi connectivity index (χ2n) is 5.00. The second kappa shape index (κ2) is 8.25. The Balaban J connectivity index is 2.09. The Labute approximate surface area is 159 Å². The van der Waals surface area contributed by atoms with Gasteiger partial charge in [-0.25, -0.2) is 4.68 Å². The molecule has 0 amide bonds. The standard InChI is InChI=1S/C18H14Cl2N4S/c1-2-7-22-18-24(23-11-13-4-3-8-21-10-13)17(12-25-18)14-5-6-15(19)16(20)9-14/h2-6,8-12H,1,7H2/b22-18?,23-11-. The van der Waals surface area contributed by atoms with Crippen LogP contribution < -0.4 is 4.80 Å². The van der Waals surface area contributed by atoms with Gasteiger partial charge in [-0.3, -0.25) is 9.98 Å². The lowest BCUT2D eigenvalue weighted by Crippen LogP contribution is -2.12. The number of nitrogens with zero attached hydrogens (tertiary/aromatic N) is 4. The van der Waals surface area contributed by atoms with E-state index in [-0.39, 0.29) is 0 Å². The molecule has 0 bridgehead atoms. The van der Waals surface area contributed by atoms with Crippen LogP contribution in [-0.2, 0) is 0 Å². The number of hydrogen-bond acceptors (Lipinski definition) is 4. The van der Waals surface area contributed by atoms with E-state index in [1.54, 1.807) is 35.4 Å². The van der Waals surface area contributed by atoms with Crippen molar-refractivity contribution in [1.82, 2.24) is 9.66 Å². The van der Waals surface area contributed by atoms with Crippen LogP contribution in [0.5, 0.6) is 0 Å². The molecule has 0 aliphatic heterocycles. The van der Waals surface area contributed by atoms with Gasteiger partial charge in [-0.2, -0.15) is 5.10 Å². The lowest BCUT2D eigenvalue weighted by molar-refractivity contribution is 0.840. The fraction of sp³-hybridized carbons (Fsp3) is 0.0556. The Hall–Kier alpha value is -2.21. The summed E-state index contributed by atoms with van der Waals surface area (Å²) in [6, 6.07) is 9.29. The van der Waals surface area contributed by atoms with Crippen LogP contribution in [0.1, 0.15) is 5.56 Å². The first-order valence-corrected chi connectivity index (χ1v) is 9.04. The number of benzene rings is 1. The zero-order valence-electron chi connectivity index (χ0n) is 13.1. The highest BCUT2D eigenvalue weighted by atomic mass is 35.5. The summed E-state index contributed by atoms with van der Waals surface area (Å²) in [5, 5.41) is 7.58. The monoisotopic (exact) mass is 388 g/mol. The van der Waals surface area contributed by atoms with Gasteiger partial charge in [0.05, 0.1) is 28.5 Å². The van der Waals surface area contributed by atoms with Gasteiger partial charge in [-0.15, -0.1) is 17.9 Å². The van der Waals surface area contributed by atoms with E-state index in [9.17, 15) is 0 Å². The first kappa shape index (κ1) is 17.6. The lowest BCUT2D eigenvalue weighted by Gasteiger charge is -2.05. The van der Waals surface area contributed by atoms with E-state index in [0.29, 0.717) is 16.6 Å². The molecule has 25 heavy (non-hydrogen) atoms. The summed E-state index contributed by atoms with van der Waals surface area (Å²) < 4.78 is 1.78. The maximum atomic E-state index is 6.16. The first-order chi connectivity index (χ1) is 12.2.